The highest BCUT2D eigenvalue weighted by Gasteiger charge is 2.19. The van der Waals surface area contributed by atoms with Crippen LogP contribution in [0.25, 0.3) is 0 Å². The minimum absolute atomic E-state index is 0.0182. The number of benzene rings is 1. The maximum absolute atomic E-state index is 12.0. The minimum Gasteiger partial charge on any atom is -0.396 e. The number of aliphatic hydroxyl groups is 1. The largest absolute Gasteiger partial charge is 0.396 e. The van der Waals surface area contributed by atoms with Crippen LogP contribution in [0.15, 0.2) is 28.7 Å². The summed E-state index contributed by atoms with van der Waals surface area (Å²) in [4.78, 5) is 23.9. The molecule has 3 N–H and O–H groups in total. The summed E-state index contributed by atoms with van der Waals surface area (Å²) in [7, 11) is 0. The molecule has 0 aromatic heterocycles. The Kier molecular flexibility index (Phi) is 8.00. The third kappa shape index (κ3) is 6.73. The van der Waals surface area contributed by atoms with Gasteiger partial charge in [-0.25, -0.2) is 4.79 Å². The van der Waals surface area contributed by atoms with Crippen LogP contribution >= 0.6 is 15.9 Å². The molecule has 6 heteroatoms. The van der Waals surface area contributed by atoms with Crippen molar-refractivity contribution in [2.45, 2.75) is 38.6 Å². The molecule has 2 amide bonds. The number of halogens is 1. The number of nitrogens with one attached hydrogen (secondary N) is 2. The van der Waals surface area contributed by atoms with Gasteiger partial charge >= 0.3 is 6.03 Å². The summed E-state index contributed by atoms with van der Waals surface area (Å²) in [6.07, 6.45) is 2.10. The van der Waals surface area contributed by atoms with Crippen molar-refractivity contribution in [1.82, 2.24) is 5.32 Å². The van der Waals surface area contributed by atoms with Crippen LogP contribution in [0, 0.1) is 0 Å². The van der Waals surface area contributed by atoms with Gasteiger partial charge in [-0.2, -0.15) is 0 Å². The van der Waals surface area contributed by atoms with Crippen molar-refractivity contribution in [3.05, 3.63) is 28.7 Å². The van der Waals surface area contributed by atoms with Gasteiger partial charge in [0.1, 0.15) is 0 Å². The molecule has 1 aromatic carbocycles. The molecular formula is C15H21BrN2O3. The number of amides is 2. The Morgan fingerprint density at radius 2 is 1.95 bits per heavy atom. The average molecular weight is 357 g/mol. The van der Waals surface area contributed by atoms with Gasteiger partial charge in [0.05, 0.1) is 6.04 Å². The molecule has 0 saturated heterocycles. The molecule has 1 atom stereocenters. The predicted molar refractivity (Wildman–Crippen MR) is 86.3 cm³/mol. The van der Waals surface area contributed by atoms with Crippen LogP contribution in [0.2, 0.25) is 0 Å². The smallest absolute Gasteiger partial charge is 0.319 e. The fourth-order valence-electron chi connectivity index (χ4n) is 1.89. The topological polar surface area (TPSA) is 78.4 Å². The molecule has 0 fully saturated rings. The zero-order valence-electron chi connectivity index (χ0n) is 12.1. The number of carbonyl (C=O) groups excluding carboxylic acids is 2. The number of rotatable bonds is 8. The maximum Gasteiger partial charge on any atom is 0.319 e. The molecule has 21 heavy (non-hydrogen) atoms. The van der Waals surface area contributed by atoms with E-state index in [-0.39, 0.29) is 18.8 Å². The quantitative estimate of drug-likeness (QED) is 0.669. The number of carbonyl (C=O) groups is 2. The van der Waals surface area contributed by atoms with Crippen LogP contribution in [-0.4, -0.2) is 29.6 Å². The van der Waals surface area contributed by atoms with Crippen LogP contribution in [-0.2, 0) is 4.79 Å². The van der Waals surface area contributed by atoms with Crippen LogP contribution in [0.4, 0.5) is 10.5 Å². The van der Waals surface area contributed by atoms with Gasteiger partial charge in [-0.3, -0.25) is 4.79 Å². The lowest BCUT2D eigenvalue weighted by atomic mass is 10.0. The molecule has 0 radical (unpaired) electrons. The van der Waals surface area contributed by atoms with E-state index in [0.717, 1.165) is 10.9 Å². The first-order valence-corrected chi connectivity index (χ1v) is 7.82. The van der Waals surface area contributed by atoms with E-state index in [1.165, 1.54) is 0 Å². The lowest BCUT2D eigenvalue weighted by Crippen LogP contribution is -2.43. The zero-order chi connectivity index (χ0) is 15.7. The highest BCUT2D eigenvalue weighted by atomic mass is 79.9. The van der Waals surface area contributed by atoms with Crippen molar-refractivity contribution in [2.75, 3.05) is 11.9 Å². The van der Waals surface area contributed by atoms with E-state index in [1.807, 2.05) is 19.1 Å². The van der Waals surface area contributed by atoms with E-state index >= 15 is 0 Å². The molecule has 1 rings (SSSR count). The second kappa shape index (κ2) is 9.52. The Morgan fingerprint density at radius 3 is 2.52 bits per heavy atom. The lowest BCUT2D eigenvalue weighted by molar-refractivity contribution is -0.121. The standard InChI is InChI=1S/C15H21BrN2O3/c1-2-4-13(14(20)5-3-10-19)18-15(21)17-12-8-6-11(16)7-9-12/h6-9,13,19H,2-5,10H2,1H3,(H2,17,18,21)/t13-/m0/s1. The molecule has 0 spiro atoms. The molecule has 0 saturated carbocycles. The predicted octanol–water partition coefficient (Wildman–Crippen LogP) is 3.08. The normalized spacial score (nSPS) is 11.8. The number of aliphatic hydroxyl groups excluding tert-OH is 1. The fourth-order valence-corrected chi connectivity index (χ4v) is 2.15. The van der Waals surface area contributed by atoms with Crippen molar-refractivity contribution >= 4 is 33.4 Å². The summed E-state index contributed by atoms with van der Waals surface area (Å²) in [5.41, 5.74) is 0.661. The summed E-state index contributed by atoms with van der Waals surface area (Å²) in [5, 5.41) is 14.2. The number of anilines is 1. The second-order valence-corrected chi connectivity index (χ2v) is 5.66. The summed E-state index contributed by atoms with van der Waals surface area (Å²) in [6.45, 7) is 1.94. The molecule has 116 valence electrons. The summed E-state index contributed by atoms with van der Waals surface area (Å²) in [5.74, 6) is -0.0446. The van der Waals surface area contributed by atoms with Gasteiger partial charge in [-0.05, 0) is 37.1 Å². The lowest BCUT2D eigenvalue weighted by Gasteiger charge is -2.17. The van der Waals surface area contributed by atoms with Crippen molar-refractivity contribution in [3.8, 4) is 0 Å². The Labute approximate surface area is 133 Å². The number of Topliss-reactive ketones (excluding diaryl/α,β-unsaturated/α-hetero) is 1. The fraction of sp³-hybridized carbons (Fsp3) is 0.467. The number of hydrogen-bond donors (Lipinski definition) is 3. The number of hydrogen-bond acceptors (Lipinski definition) is 3. The Bertz CT molecular complexity index is 462. The van der Waals surface area contributed by atoms with Gasteiger partial charge in [0.2, 0.25) is 0 Å². The first kappa shape index (κ1) is 17.7. The third-order valence-corrected chi connectivity index (χ3v) is 3.48. The maximum atomic E-state index is 12.0. The monoisotopic (exact) mass is 356 g/mol. The van der Waals surface area contributed by atoms with Gasteiger partial charge < -0.3 is 15.7 Å². The molecule has 0 aliphatic heterocycles. The molecule has 1 aromatic rings. The molecular weight excluding hydrogens is 336 g/mol. The summed E-state index contributed by atoms with van der Waals surface area (Å²) in [6, 6.07) is 6.29. The zero-order valence-corrected chi connectivity index (χ0v) is 13.6. The van der Waals surface area contributed by atoms with Gasteiger partial charge in [0, 0.05) is 23.2 Å². The van der Waals surface area contributed by atoms with E-state index < -0.39 is 12.1 Å². The minimum atomic E-state index is -0.503. The first-order valence-electron chi connectivity index (χ1n) is 7.03. The van der Waals surface area contributed by atoms with Gasteiger partial charge in [-0.1, -0.05) is 29.3 Å². The molecule has 0 bridgehead atoms. The van der Waals surface area contributed by atoms with E-state index in [1.54, 1.807) is 12.1 Å². The van der Waals surface area contributed by atoms with Crippen molar-refractivity contribution < 1.29 is 14.7 Å². The second-order valence-electron chi connectivity index (χ2n) is 4.74. The van der Waals surface area contributed by atoms with Crippen molar-refractivity contribution in [1.29, 1.82) is 0 Å². The average Bonchev–Trinajstić information content (AvgIpc) is 2.46. The van der Waals surface area contributed by atoms with Crippen molar-refractivity contribution in [3.63, 3.8) is 0 Å². The highest BCUT2D eigenvalue weighted by molar-refractivity contribution is 9.10. The summed E-state index contributed by atoms with van der Waals surface area (Å²) < 4.78 is 0.927. The van der Waals surface area contributed by atoms with Crippen LogP contribution in [0.3, 0.4) is 0 Å². The van der Waals surface area contributed by atoms with E-state index in [0.29, 0.717) is 18.5 Å². The van der Waals surface area contributed by atoms with E-state index in [9.17, 15) is 9.59 Å². The molecule has 0 aliphatic carbocycles. The molecule has 5 nitrogen and oxygen atoms in total. The van der Waals surface area contributed by atoms with Gasteiger partial charge in [0.25, 0.3) is 0 Å². The molecule has 0 unspecified atom stereocenters. The first-order chi connectivity index (χ1) is 10.1. The van der Waals surface area contributed by atoms with Crippen LogP contribution in [0.5, 0.6) is 0 Å². The van der Waals surface area contributed by atoms with Gasteiger partial charge in [0.15, 0.2) is 5.78 Å². The molecule has 0 aliphatic rings. The Morgan fingerprint density at radius 1 is 1.29 bits per heavy atom. The summed E-state index contributed by atoms with van der Waals surface area (Å²) >= 11 is 3.32. The van der Waals surface area contributed by atoms with E-state index in [4.69, 9.17) is 5.11 Å². The SMILES string of the molecule is CCC[C@H](NC(=O)Nc1ccc(Br)cc1)C(=O)CCCO. The van der Waals surface area contributed by atoms with E-state index in [2.05, 4.69) is 26.6 Å². The number of urea groups is 1. The van der Waals surface area contributed by atoms with Crippen LogP contribution in [0.1, 0.15) is 32.6 Å². The Balaban J connectivity index is 2.55. The van der Waals surface area contributed by atoms with Crippen molar-refractivity contribution in [2.24, 2.45) is 0 Å². The molecule has 0 heterocycles. The Hall–Kier alpha value is -1.40. The number of ketones is 1. The van der Waals surface area contributed by atoms with Crippen LogP contribution < -0.4 is 10.6 Å². The third-order valence-electron chi connectivity index (χ3n) is 2.95. The van der Waals surface area contributed by atoms with Gasteiger partial charge in [-0.15, -0.1) is 0 Å². The highest BCUT2D eigenvalue weighted by Crippen LogP contribution is 2.14.